The van der Waals surface area contributed by atoms with Gasteiger partial charge in [-0.3, -0.25) is 19.3 Å². The van der Waals surface area contributed by atoms with E-state index in [9.17, 15) is 14.4 Å². The number of benzene rings is 1. The van der Waals surface area contributed by atoms with Gasteiger partial charge in [-0.1, -0.05) is 63.5 Å². The fourth-order valence-electron chi connectivity index (χ4n) is 8.02. The molecular formula is C34H44N4O4. The zero-order valence-corrected chi connectivity index (χ0v) is 24.9. The Balaban J connectivity index is 1.36. The van der Waals surface area contributed by atoms with Crippen LogP contribution in [0.15, 0.2) is 52.2 Å². The average Bonchev–Trinajstić information content (AvgIpc) is 3.00. The Morgan fingerprint density at radius 3 is 2.12 bits per heavy atom. The molecule has 8 nitrogen and oxygen atoms in total. The molecule has 0 radical (unpaired) electrons. The predicted octanol–water partition coefficient (Wildman–Crippen LogP) is 5.85. The molecule has 0 amide bonds. The third kappa shape index (κ3) is 5.83. The number of methoxy groups -OCH3 is 1. The van der Waals surface area contributed by atoms with Gasteiger partial charge in [0.15, 0.2) is 0 Å². The highest BCUT2D eigenvalue weighted by Crippen LogP contribution is 2.42. The van der Waals surface area contributed by atoms with Gasteiger partial charge in [-0.25, -0.2) is 4.98 Å². The van der Waals surface area contributed by atoms with E-state index in [1.165, 1.54) is 88.7 Å². The van der Waals surface area contributed by atoms with Crippen molar-refractivity contribution >= 4 is 17.0 Å². The van der Waals surface area contributed by atoms with Gasteiger partial charge in [0.1, 0.15) is 12.2 Å². The van der Waals surface area contributed by atoms with Crippen molar-refractivity contribution < 1.29 is 9.53 Å². The predicted molar refractivity (Wildman–Crippen MR) is 165 cm³/mol. The standard InChI is InChI=1S/C34H44N4O4/c1-42-31(39)23-36-20-12-17-28(33(36)40)32-34(41)38(30-19-10-9-18-29(30)35-32)27-21-25-15-11-16-26(22-27)37(25)24-13-7-5-3-2-4-6-8-14-24/h9-10,12,17-20,24-27H,2-8,11,13-16,21-23H2,1H3/t25-,26+,27?. The summed E-state index contributed by atoms with van der Waals surface area (Å²) in [6.07, 6.45) is 19.1. The van der Waals surface area contributed by atoms with Gasteiger partial charge in [-0.2, -0.15) is 0 Å². The van der Waals surface area contributed by atoms with E-state index in [2.05, 4.69) is 4.90 Å². The first-order valence-electron chi connectivity index (χ1n) is 16.1. The molecule has 8 heteroatoms. The number of hydrogen-bond acceptors (Lipinski definition) is 6. The first kappa shape index (κ1) is 28.8. The van der Waals surface area contributed by atoms with Gasteiger partial charge in [0.25, 0.3) is 11.1 Å². The van der Waals surface area contributed by atoms with Crippen molar-refractivity contribution in [2.24, 2.45) is 0 Å². The van der Waals surface area contributed by atoms with Crippen molar-refractivity contribution in [3.63, 3.8) is 0 Å². The Morgan fingerprint density at radius 1 is 0.786 bits per heavy atom. The number of carbonyl (C=O) groups is 1. The van der Waals surface area contributed by atoms with E-state index in [0.717, 1.165) is 18.4 Å². The summed E-state index contributed by atoms with van der Waals surface area (Å²) in [5, 5.41) is 0. The molecule has 2 saturated heterocycles. The molecule has 3 atom stereocenters. The van der Waals surface area contributed by atoms with E-state index in [1.807, 2.05) is 28.8 Å². The molecule has 1 saturated carbocycles. The third-order valence-electron chi connectivity index (χ3n) is 9.97. The second-order valence-electron chi connectivity index (χ2n) is 12.6. The molecular weight excluding hydrogens is 528 g/mol. The van der Waals surface area contributed by atoms with Crippen molar-refractivity contribution in [1.82, 2.24) is 19.0 Å². The summed E-state index contributed by atoms with van der Waals surface area (Å²) < 4.78 is 7.99. The molecule has 2 bridgehead atoms. The van der Waals surface area contributed by atoms with Crippen LogP contribution in [-0.2, 0) is 16.1 Å². The van der Waals surface area contributed by atoms with E-state index in [4.69, 9.17) is 9.72 Å². The molecule has 1 aliphatic carbocycles. The molecule has 4 heterocycles. The zero-order valence-electron chi connectivity index (χ0n) is 24.9. The molecule has 0 N–H and O–H groups in total. The molecule has 6 rings (SSSR count). The SMILES string of the molecule is COC(=O)Cn1cccc(-c2nc3ccccc3n(C3C[C@H]4CCC[C@@H](C3)N4C3CCCCCCCCC3)c2=O)c1=O. The lowest BCUT2D eigenvalue weighted by atomic mass is 9.79. The number of pyridine rings is 1. The molecule has 224 valence electrons. The van der Waals surface area contributed by atoms with Gasteiger partial charge in [0, 0.05) is 30.4 Å². The number of hydrogen-bond donors (Lipinski definition) is 0. The van der Waals surface area contributed by atoms with Crippen LogP contribution >= 0.6 is 0 Å². The molecule has 3 aliphatic rings. The fraction of sp³-hybridized carbons (Fsp3) is 0.588. The summed E-state index contributed by atoms with van der Waals surface area (Å²) in [4.78, 5) is 47.3. The first-order valence-corrected chi connectivity index (χ1v) is 16.1. The molecule has 2 aliphatic heterocycles. The molecule has 1 aromatic carbocycles. The van der Waals surface area contributed by atoms with Crippen LogP contribution in [0.2, 0.25) is 0 Å². The van der Waals surface area contributed by atoms with Crippen molar-refractivity contribution in [3.8, 4) is 11.3 Å². The summed E-state index contributed by atoms with van der Waals surface area (Å²) in [5.74, 6) is -0.521. The summed E-state index contributed by atoms with van der Waals surface area (Å²) >= 11 is 0. The van der Waals surface area contributed by atoms with Gasteiger partial charge in [-0.05, 0) is 62.8 Å². The number of nitrogens with zero attached hydrogens (tertiary/aromatic N) is 4. The van der Waals surface area contributed by atoms with Crippen LogP contribution in [0.25, 0.3) is 22.3 Å². The second kappa shape index (κ2) is 12.9. The second-order valence-corrected chi connectivity index (χ2v) is 12.6. The number of rotatable bonds is 5. The number of aromatic nitrogens is 3. The molecule has 1 unspecified atom stereocenters. The third-order valence-corrected chi connectivity index (χ3v) is 9.97. The summed E-state index contributed by atoms with van der Waals surface area (Å²) in [6, 6.07) is 12.8. The molecule has 3 aromatic rings. The highest BCUT2D eigenvalue weighted by molar-refractivity contribution is 5.78. The lowest BCUT2D eigenvalue weighted by Gasteiger charge is -2.53. The summed E-state index contributed by atoms with van der Waals surface area (Å²) in [6.45, 7) is -0.214. The van der Waals surface area contributed by atoms with Gasteiger partial charge in [-0.15, -0.1) is 0 Å². The Hall–Kier alpha value is -3.26. The van der Waals surface area contributed by atoms with Gasteiger partial charge < -0.3 is 13.9 Å². The van der Waals surface area contributed by atoms with E-state index >= 15 is 0 Å². The van der Waals surface area contributed by atoms with E-state index in [-0.39, 0.29) is 29.4 Å². The van der Waals surface area contributed by atoms with Crippen LogP contribution in [0, 0.1) is 0 Å². The monoisotopic (exact) mass is 572 g/mol. The molecule has 3 fully saturated rings. The lowest BCUT2D eigenvalue weighted by Crippen LogP contribution is -2.57. The lowest BCUT2D eigenvalue weighted by molar-refractivity contribution is -0.141. The smallest absolute Gasteiger partial charge is 0.325 e. The maximum absolute atomic E-state index is 14.3. The topological polar surface area (TPSA) is 86.4 Å². The average molecular weight is 573 g/mol. The van der Waals surface area contributed by atoms with Crippen molar-refractivity contribution in [2.45, 2.75) is 121 Å². The number of para-hydroxylation sites is 2. The number of ether oxygens (including phenoxy) is 1. The molecule has 42 heavy (non-hydrogen) atoms. The number of carbonyl (C=O) groups excluding carboxylic acids is 1. The fourth-order valence-corrected chi connectivity index (χ4v) is 8.02. The van der Waals surface area contributed by atoms with Gasteiger partial charge in [0.2, 0.25) is 0 Å². The number of piperidine rings is 2. The first-order chi connectivity index (χ1) is 20.5. The minimum absolute atomic E-state index is 0.0521. The Bertz CT molecular complexity index is 1500. The minimum atomic E-state index is -0.521. The Kier molecular flexibility index (Phi) is 8.89. The maximum atomic E-state index is 14.3. The van der Waals surface area contributed by atoms with Crippen LogP contribution in [0.1, 0.15) is 95.9 Å². The van der Waals surface area contributed by atoms with Crippen molar-refractivity contribution in [2.75, 3.05) is 7.11 Å². The number of fused-ring (bicyclic) bond motifs is 3. The van der Waals surface area contributed by atoms with Crippen LogP contribution in [0.3, 0.4) is 0 Å². The summed E-state index contributed by atoms with van der Waals surface area (Å²) in [5.41, 5.74) is 1.25. The quantitative estimate of drug-likeness (QED) is 0.357. The highest BCUT2D eigenvalue weighted by Gasteiger charge is 2.42. The van der Waals surface area contributed by atoms with Gasteiger partial charge >= 0.3 is 5.97 Å². The van der Waals surface area contributed by atoms with Crippen LogP contribution in [0.5, 0.6) is 0 Å². The zero-order chi connectivity index (χ0) is 29.1. The van der Waals surface area contributed by atoms with Crippen molar-refractivity contribution in [1.29, 1.82) is 0 Å². The minimum Gasteiger partial charge on any atom is -0.468 e. The van der Waals surface area contributed by atoms with E-state index in [1.54, 1.807) is 18.3 Å². The van der Waals surface area contributed by atoms with E-state index < -0.39 is 11.5 Å². The van der Waals surface area contributed by atoms with Crippen LogP contribution in [0.4, 0.5) is 0 Å². The Morgan fingerprint density at radius 2 is 1.43 bits per heavy atom. The van der Waals surface area contributed by atoms with Gasteiger partial charge in [0.05, 0.1) is 23.7 Å². The normalized spacial score (nSPS) is 24.4. The number of esters is 1. The molecule has 0 spiro atoms. The van der Waals surface area contributed by atoms with Crippen LogP contribution < -0.4 is 11.1 Å². The molecule has 2 aromatic heterocycles. The highest BCUT2D eigenvalue weighted by atomic mass is 16.5. The van der Waals surface area contributed by atoms with Crippen molar-refractivity contribution in [3.05, 3.63) is 63.3 Å². The van der Waals surface area contributed by atoms with Crippen LogP contribution in [-0.4, -0.2) is 50.2 Å². The Labute approximate surface area is 247 Å². The summed E-state index contributed by atoms with van der Waals surface area (Å²) in [7, 11) is 1.29. The maximum Gasteiger partial charge on any atom is 0.325 e. The van der Waals surface area contributed by atoms with E-state index in [0.29, 0.717) is 23.6 Å². The largest absolute Gasteiger partial charge is 0.468 e.